The lowest BCUT2D eigenvalue weighted by molar-refractivity contribution is -0.0369. The Labute approximate surface area is 125 Å². The first-order chi connectivity index (χ1) is 10.1. The van der Waals surface area contributed by atoms with Gasteiger partial charge < -0.3 is 10.5 Å². The average molecular weight is 285 g/mol. The smallest absolute Gasteiger partial charge is 0.150 e. The fraction of sp³-hybridized carbons (Fsp3) is 0.588. The molecule has 21 heavy (non-hydrogen) atoms. The van der Waals surface area contributed by atoms with E-state index in [2.05, 4.69) is 30.7 Å². The van der Waals surface area contributed by atoms with Crippen LogP contribution in [-0.2, 0) is 4.74 Å². The minimum absolute atomic E-state index is 0.0838. The van der Waals surface area contributed by atoms with Gasteiger partial charge in [-0.05, 0) is 49.3 Å². The number of anilines is 1. The van der Waals surface area contributed by atoms with Gasteiger partial charge in [0.25, 0.3) is 0 Å². The summed E-state index contributed by atoms with van der Waals surface area (Å²) in [4.78, 5) is 0. The van der Waals surface area contributed by atoms with Gasteiger partial charge in [-0.3, -0.25) is 0 Å². The van der Waals surface area contributed by atoms with Crippen LogP contribution in [0.3, 0.4) is 0 Å². The van der Waals surface area contributed by atoms with E-state index in [4.69, 9.17) is 15.6 Å². The van der Waals surface area contributed by atoms with Crippen LogP contribution in [0.5, 0.6) is 0 Å². The number of fused-ring (bicyclic) bond motifs is 1. The van der Waals surface area contributed by atoms with Crippen LogP contribution < -0.4 is 5.73 Å². The Bertz CT molecular complexity index is 683. The Morgan fingerprint density at radius 3 is 2.81 bits per heavy atom. The zero-order chi connectivity index (χ0) is 14.6. The molecule has 4 nitrogen and oxygen atoms in total. The minimum Gasteiger partial charge on any atom is -0.399 e. The topological polar surface area (TPSA) is 53.1 Å². The van der Waals surface area contributed by atoms with Crippen molar-refractivity contribution in [2.75, 3.05) is 12.3 Å². The van der Waals surface area contributed by atoms with Crippen LogP contribution in [0, 0.1) is 5.41 Å². The first-order valence-electron chi connectivity index (χ1n) is 7.95. The van der Waals surface area contributed by atoms with Crippen molar-refractivity contribution in [3.05, 3.63) is 23.9 Å². The molecule has 2 unspecified atom stereocenters. The van der Waals surface area contributed by atoms with E-state index in [0.717, 1.165) is 30.7 Å². The Balaban J connectivity index is 1.83. The number of benzene rings is 1. The highest BCUT2D eigenvalue weighted by Gasteiger charge is 2.49. The zero-order valence-corrected chi connectivity index (χ0v) is 12.8. The number of hydrogen-bond acceptors (Lipinski definition) is 3. The maximum atomic E-state index is 6.00. The fourth-order valence-corrected chi connectivity index (χ4v) is 3.51. The minimum atomic E-state index is 0.0838. The lowest BCUT2D eigenvalue weighted by Crippen LogP contribution is -2.19. The SMILES string of the molecule is CC1(C)CC1c1nn(C2CCCCO2)c2ccc(N)cc12. The molecule has 4 heteroatoms. The predicted molar refractivity (Wildman–Crippen MR) is 84.1 cm³/mol. The molecular weight excluding hydrogens is 262 g/mol. The normalized spacial score (nSPS) is 27.9. The molecule has 1 aromatic heterocycles. The summed E-state index contributed by atoms with van der Waals surface area (Å²) in [6.45, 7) is 5.46. The molecular formula is C17H23N3O. The number of aromatic nitrogens is 2. The molecule has 2 atom stereocenters. The van der Waals surface area contributed by atoms with Gasteiger partial charge in [-0.1, -0.05) is 13.8 Å². The molecule has 0 spiro atoms. The second kappa shape index (κ2) is 4.47. The van der Waals surface area contributed by atoms with E-state index in [0.29, 0.717) is 11.3 Å². The third-order valence-corrected chi connectivity index (χ3v) is 5.03. The van der Waals surface area contributed by atoms with Gasteiger partial charge in [0.05, 0.1) is 11.2 Å². The molecule has 2 aliphatic rings. The maximum absolute atomic E-state index is 6.00. The summed E-state index contributed by atoms with van der Waals surface area (Å²) in [5.74, 6) is 0.548. The summed E-state index contributed by atoms with van der Waals surface area (Å²) >= 11 is 0. The summed E-state index contributed by atoms with van der Waals surface area (Å²) in [6, 6.07) is 6.13. The average Bonchev–Trinajstić information content (AvgIpc) is 2.95. The van der Waals surface area contributed by atoms with Crippen LogP contribution in [0.1, 0.15) is 57.4 Å². The standard InChI is InChI=1S/C17H23N3O/c1-17(2)10-13(17)16-12-9-11(18)6-7-14(12)20(19-16)15-5-3-4-8-21-15/h6-7,9,13,15H,3-5,8,10,18H2,1-2H3. The van der Waals surface area contributed by atoms with Crippen LogP contribution in [0.25, 0.3) is 10.9 Å². The lowest BCUT2D eigenvalue weighted by atomic mass is 10.0. The molecule has 1 aliphatic carbocycles. The van der Waals surface area contributed by atoms with E-state index in [1.54, 1.807) is 0 Å². The van der Waals surface area contributed by atoms with Gasteiger partial charge in [-0.15, -0.1) is 0 Å². The van der Waals surface area contributed by atoms with Crippen molar-refractivity contribution in [1.29, 1.82) is 0 Å². The third-order valence-electron chi connectivity index (χ3n) is 5.03. The first-order valence-corrected chi connectivity index (χ1v) is 7.95. The van der Waals surface area contributed by atoms with E-state index in [-0.39, 0.29) is 6.23 Å². The van der Waals surface area contributed by atoms with E-state index in [9.17, 15) is 0 Å². The van der Waals surface area contributed by atoms with Crippen molar-refractivity contribution in [3.8, 4) is 0 Å². The number of nitrogen functional groups attached to an aromatic ring is 1. The van der Waals surface area contributed by atoms with Crippen LogP contribution in [-0.4, -0.2) is 16.4 Å². The Kier molecular flexibility index (Phi) is 2.80. The van der Waals surface area contributed by atoms with E-state index in [1.165, 1.54) is 23.9 Å². The van der Waals surface area contributed by atoms with E-state index in [1.807, 2.05) is 6.07 Å². The highest BCUT2D eigenvalue weighted by molar-refractivity contribution is 5.86. The van der Waals surface area contributed by atoms with Gasteiger partial charge in [0.15, 0.2) is 6.23 Å². The van der Waals surface area contributed by atoms with Gasteiger partial charge >= 0.3 is 0 Å². The molecule has 0 radical (unpaired) electrons. The molecule has 2 heterocycles. The quantitative estimate of drug-likeness (QED) is 0.853. The van der Waals surface area contributed by atoms with Gasteiger partial charge in [0, 0.05) is 23.6 Å². The summed E-state index contributed by atoms with van der Waals surface area (Å²) in [6.07, 6.45) is 4.71. The lowest BCUT2D eigenvalue weighted by Gasteiger charge is -2.23. The van der Waals surface area contributed by atoms with Crippen molar-refractivity contribution in [1.82, 2.24) is 9.78 Å². The van der Waals surface area contributed by atoms with E-state index >= 15 is 0 Å². The van der Waals surface area contributed by atoms with Crippen molar-refractivity contribution in [2.24, 2.45) is 5.41 Å². The predicted octanol–water partition coefficient (Wildman–Crippen LogP) is 3.83. The van der Waals surface area contributed by atoms with Crippen molar-refractivity contribution in [2.45, 2.75) is 51.7 Å². The second-order valence-corrected chi connectivity index (χ2v) is 7.17. The number of nitrogens with two attached hydrogens (primary N) is 1. The molecule has 1 saturated carbocycles. The van der Waals surface area contributed by atoms with Gasteiger partial charge in [-0.25, -0.2) is 4.68 Å². The third kappa shape index (κ3) is 2.13. The summed E-state index contributed by atoms with van der Waals surface area (Å²) < 4.78 is 8.03. The Morgan fingerprint density at radius 2 is 2.14 bits per heavy atom. The molecule has 4 rings (SSSR count). The van der Waals surface area contributed by atoms with Crippen molar-refractivity contribution < 1.29 is 4.74 Å². The summed E-state index contributed by atoms with van der Waals surface area (Å²) in [5, 5.41) is 6.16. The van der Waals surface area contributed by atoms with Crippen LogP contribution >= 0.6 is 0 Å². The zero-order valence-electron chi connectivity index (χ0n) is 12.8. The van der Waals surface area contributed by atoms with Gasteiger partial charge in [0.1, 0.15) is 0 Å². The Hall–Kier alpha value is -1.55. The van der Waals surface area contributed by atoms with Crippen LogP contribution in [0.2, 0.25) is 0 Å². The highest BCUT2D eigenvalue weighted by Crippen LogP contribution is 2.59. The number of rotatable bonds is 2. The largest absolute Gasteiger partial charge is 0.399 e. The van der Waals surface area contributed by atoms with Crippen molar-refractivity contribution in [3.63, 3.8) is 0 Å². The molecule has 2 N–H and O–H groups in total. The van der Waals surface area contributed by atoms with Crippen LogP contribution in [0.15, 0.2) is 18.2 Å². The highest BCUT2D eigenvalue weighted by atomic mass is 16.5. The molecule has 0 amide bonds. The summed E-state index contributed by atoms with van der Waals surface area (Å²) in [7, 11) is 0. The molecule has 1 saturated heterocycles. The number of nitrogens with zero attached hydrogens (tertiary/aromatic N) is 2. The van der Waals surface area contributed by atoms with E-state index < -0.39 is 0 Å². The summed E-state index contributed by atoms with van der Waals surface area (Å²) in [5.41, 5.74) is 9.54. The molecule has 112 valence electrons. The second-order valence-electron chi connectivity index (χ2n) is 7.17. The molecule has 0 bridgehead atoms. The van der Waals surface area contributed by atoms with Crippen LogP contribution in [0.4, 0.5) is 5.69 Å². The monoisotopic (exact) mass is 285 g/mol. The first kappa shape index (κ1) is 13.1. The molecule has 2 fully saturated rings. The number of ether oxygens (including phenoxy) is 1. The number of hydrogen-bond donors (Lipinski definition) is 1. The maximum Gasteiger partial charge on any atom is 0.150 e. The van der Waals surface area contributed by atoms with Crippen molar-refractivity contribution >= 4 is 16.6 Å². The Morgan fingerprint density at radius 1 is 1.33 bits per heavy atom. The molecule has 2 aromatic rings. The molecule has 1 aromatic carbocycles. The van der Waals surface area contributed by atoms with Gasteiger partial charge in [0.2, 0.25) is 0 Å². The van der Waals surface area contributed by atoms with Gasteiger partial charge in [-0.2, -0.15) is 5.10 Å². The fourth-order valence-electron chi connectivity index (χ4n) is 3.51. The molecule has 1 aliphatic heterocycles.